The summed E-state index contributed by atoms with van der Waals surface area (Å²) in [4.78, 5) is 16.0. The van der Waals surface area contributed by atoms with Crippen molar-refractivity contribution in [2.45, 2.75) is 6.04 Å². The van der Waals surface area contributed by atoms with Crippen molar-refractivity contribution in [3.63, 3.8) is 0 Å². The van der Waals surface area contributed by atoms with Gasteiger partial charge in [0.2, 0.25) is 0 Å². The summed E-state index contributed by atoms with van der Waals surface area (Å²) in [6.07, 6.45) is 3.55. The van der Waals surface area contributed by atoms with E-state index in [1.54, 1.807) is 11.2 Å². The molecule has 4 aromatic rings. The molecular formula is C19H20N6O. The summed E-state index contributed by atoms with van der Waals surface area (Å²) in [5.41, 5.74) is 2.71. The van der Waals surface area contributed by atoms with E-state index >= 15 is 0 Å². The Kier molecular flexibility index (Phi) is 4.83. The van der Waals surface area contributed by atoms with Gasteiger partial charge in [0.15, 0.2) is 5.65 Å². The molecule has 3 aromatic heterocycles. The zero-order chi connectivity index (χ0) is 17.8. The van der Waals surface area contributed by atoms with Gasteiger partial charge in [-0.1, -0.05) is 24.3 Å². The molecule has 0 amide bonds. The number of aromatic nitrogens is 4. The number of aromatic amines is 1. The molecule has 26 heavy (non-hydrogen) atoms. The zero-order valence-corrected chi connectivity index (χ0v) is 14.2. The van der Waals surface area contributed by atoms with Gasteiger partial charge < -0.3 is 9.72 Å². The van der Waals surface area contributed by atoms with Crippen LogP contribution in [0, 0.1) is 0 Å². The van der Waals surface area contributed by atoms with E-state index < -0.39 is 0 Å². The molecule has 3 N–H and O–H groups in total. The largest absolute Gasteiger partial charge is 0.378 e. The lowest BCUT2D eigenvalue weighted by atomic mass is 10.2. The number of imidazole rings is 1. The van der Waals surface area contributed by atoms with Crippen molar-refractivity contribution in [3.8, 4) is 0 Å². The van der Waals surface area contributed by atoms with Gasteiger partial charge in [0.25, 0.3) is 0 Å². The second-order valence-electron chi connectivity index (χ2n) is 6.02. The molecule has 1 aliphatic heterocycles. The standard InChI is InChI=1S/C10H13N5O.C9H7N/c11-15-4-5-16-6-8(15)10-13-7-2-1-3-12-9(7)14-10;1-2-6-9-8(4-1)5-3-7-10-9/h1-3,8H,4-6,11H2,(H,12,13,14);1-7H. The van der Waals surface area contributed by atoms with Crippen LogP contribution in [0.1, 0.15) is 11.9 Å². The predicted octanol–water partition coefficient (Wildman–Crippen LogP) is 2.44. The van der Waals surface area contributed by atoms with E-state index in [-0.39, 0.29) is 6.04 Å². The molecule has 132 valence electrons. The number of rotatable bonds is 1. The Morgan fingerprint density at radius 2 is 1.77 bits per heavy atom. The Labute approximate surface area is 150 Å². The van der Waals surface area contributed by atoms with Crippen molar-refractivity contribution in [2.75, 3.05) is 19.8 Å². The normalized spacial score (nSPS) is 17.8. The fraction of sp³-hybridized carbons (Fsp3) is 0.211. The van der Waals surface area contributed by atoms with Gasteiger partial charge in [-0.05, 0) is 24.3 Å². The van der Waals surface area contributed by atoms with Gasteiger partial charge in [0, 0.05) is 24.3 Å². The number of hydrogen-bond acceptors (Lipinski definition) is 6. The Morgan fingerprint density at radius 3 is 2.62 bits per heavy atom. The predicted molar refractivity (Wildman–Crippen MR) is 100 cm³/mol. The van der Waals surface area contributed by atoms with E-state index in [1.165, 1.54) is 5.39 Å². The minimum absolute atomic E-state index is 0.0112. The van der Waals surface area contributed by atoms with E-state index in [2.05, 4.69) is 32.1 Å². The lowest BCUT2D eigenvalue weighted by molar-refractivity contribution is -0.0118. The maximum absolute atomic E-state index is 5.91. The summed E-state index contributed by atoms with van der Waals surface area (Å²) in [5.74, 6) is 6.72. The molecule has 0 bridgehead atoms. The second-order valence-corrected chi connectivity index (χ2v) is 6.02. The number of ether oxygens (including phenoxy) is 1. The molecule has 0 radical (unpaired) electrons. The lowest BCUT2D eigenvalue weighted by Gasteiger charge is -2.30. The summed E-state index contributed by atoms with van der Waals surface area (Å²) in [5, 5.41) is 2.95. The Hall–Kier alpha value is -2.87. The van der Waals surface area contributed by atoms with Crippen molar-refractivity contribution in [3.05, 3.63) is 66.7 Å². The number of nitrogens with zero attached hydrogens (tertiary/aromatic N) is 4. The number of hydrazine groups is 1. The molecule has 1 atom stereocenters. The first kappa shape index (κ1) is 16.6. The maximum Gasteiger partial charge on any atom is 0.157 e. The highest BCUT2D eigenvalue weighted by atomic mass is 16.5. The molecule has 1 saturated heterocycles. The first-order valence-corrected chi connectivity index (χ1v) is 8.51. The van der Waals surface area contributed by atoms with E-state index in [9.17, 15) is 0 Å². The number of hydrogen-bond donors (Lipinski definition) is 2. The Balaban J connectivity index is 0.000000144. The minimum atomic E-state index is -0.0112. The number of benzene rings is 1. The average molecular weight is 348 g/mol. The third-order valence-electron chi connectivity index (χ3n) is 4.27. The summed E-state index contributed by atoms with van der Waals surface area (Å²) in [6.45, 7) is 1.96. The van der Waals surface area contributed by atoms with Gasteiger partial charge >= 0.3 is 0 Å². The summed E-state index contributed by atoms with van der Waals surface area (Å²) in [7, 11) is 0. The average Bonchev–Trinajstić information content (AvgIpc) is 3.13. The van der Waals surface area contributed by atoms with Crippen LogP contribution in [0.25, 0.3) is 22.1 Å². The Morgan fingerprint density at radius 1 is 1.00 bits per heavy atom. The lowest BCUT2D eigenvalue weighted by Crippen LogP contribution is -2.44. The van der Waals surface area contributed by atoms with E-state index in [0.717, 1.165) is 29.0 Å². The van der Waals surface area contributed by atoms with Gasteiger partial charge in [-0.25, -0.2) is 15.0 Å². The molecule has 0 spiro atoms. The van der Waals surface area contributed by atoms with Crippen LogP contribution >= 0.6 is 0 Å². The maximum atomic E-state index is 5.91. The molecule has 0 saturated carbocycles. The minimum Gasteiger partial charge on any atom is -0.378 e. The number of nitrogens with two attached hydrogens (primary N) is 1. The zero-order valence-electron chi connectivity index (χ0n) is 14.2. The van der Waals surface area contributed by atoms with Crippen LogP contribution in [0.4, 0.5) is 0 Å². The first-order chi connectivity index (χ1) is 12.8. The number of fused-ring (bicyclic) bond motifs is 2. The van der Waals surface area contributed by atoms with Crippen molar-refractivity contribution in [1.82, 2.24) is 24.9 Å². The van der Waals surface area contributed by atoms with E-state index in [1.807, 2.05) is 42.6 Å². The van der Waals surface area contributed by atoms with Gasteiger partial charge in [-0.15, -0.1) is 0 Å². The van der Waals surface area contributed by atoms with Gasteiger partial charge in [0.1, 0.15) is 17.4 Å². The molecule has 4 heterocycles. The topological polar surface area (TPSA) is 93.0 Å². The highest BCUT2D eigenvalue weighted by Gasteiger charge is 2.24. The molecule has 1 aliphatic rings. The number of H-pyrrole nitrogens is 1. The van der Waals surface area contributed by atoms with Crippen LogP contribution in [0.5, 0.6) is 0 Å². The molecule has 1 fully saturated rings. The summed E-state index contributed by atoms with van der Waals surface area (Å²) < 4.78 is 5.40. The van der Waals surface area contributed by atoms with Crippen LogP contribution in [-0.4, -0.2) is 44.7 Å². The highest BCUT2D eigenvalue weighted by molar-refractivity contribution is 5.77. The number of para-hydroxylation sites is 1. The van der Waals surface area contributed by atoms with Gasteiger partial charge in [0.05, 0.1) is 18.7 Å². The number of pyridine rings is 2. The quantitative estimate of drug-likeness (QED) is 0.513. The van der Waals surface area contributed by atoms with Crippen molar-refractivity contribution >= 4 is 22.1 Å². The van der Waals surface area contributed by atoms with Gasteiger partial charge in [-0.3, -0.25) is 10.8 Å². The van der Waals surface area contributed by atoms with Crippen molar-refractivity contribution < 1.29 is 4.74 Å². The van der Waals surface area contributed by atoms with Crippen molar-refractivity contribution in [2.24, 2.45) is 5.84 Å². The highest BCUT2D eigenvalue weighted by Crippen LogP contribution is 2.20. The van der Waals surface area contributed by atoms with Gasteiger partial charge in [-0.2, -0.15) is 0 Å². The van der Waals surface area contributed by atoms with E-state index in [0.29, 0.717) is 13.2 Å². The van der Waals surface area contributed by atoms with Crippen LogP contribution in [0.15, 0.2) is 60.9 Å². The third-order valence-corrected chi connectivity index (χ3v) is 4.27. The fourth-order valence-corrected chi connectivity index (χ4v) is 2.89. The number of morpholine rings is 1. The fourth-order valence-electron chi connectivity index (χ4n) is 2.89. The van der Waals surface area contributed by atoms with E-state index in [4.69, 9.17) is 10.6 Å². The SMILES string of the molecule is NN1CCOCC1c1nc2cccnc2[nH]1.c1ccc2ncccc2c1. The Bertz CT molecular complexity index is 903. The number of nitrogens with one attached hydrogen (secondary N) is 1. The summed E-state index contributed by atoms with van der Waals surface area (Å²) >= 11 is 0. The molecule has 5 rings (SSSR count). The first-order valence-electron chi connectivity index (χ1n) is 8.51. The molecular weight excluding hydrogens is 328 g/mol. The molecule has 0 aliphatic carbocycles. The van der Waals surface area contributed by atoms with Crippen molar-refractivity contribution in [1.29, 1.82) is 0 Å². The van der Waals surface area contributed by atoms with Crippen LogP contribution in [0.3, 0.4) is 0 Å². The van der Waals surface area contributed by atoms with Crippen LogP contribution < -0.4 is 5.84 Å². The molecule has 7 nitrogen and oxygen atoms in total. The van der Waals surface area contributed by atoms with Crippen LogP contribution in [-0.2, 0) is 4.74 Å². The smallest absolute Gasteiger partial charge is 0.157 e. The monoisotopic (exact) mass is 348 g/mol. The van der Waals surface area contributed by atoms with Crippen LogP contribution in [0.2, 0.25) is 0 Å². The third kappa shape index (κ3) is 3.55. The second kappa shape index (κ2) is 7.57. The molecule has 7 heteroatoms. The molecule has 1 unspecified atom stereocenters. The summed E-state index contributed by atoms with van der Waals surface area (Å²) in [6, 6.07) is 15.9. The molecule has 1 aromatic carbocycles.